The van der Waals surface area contributed by atoms with Crippen LogP contribution in [0.1, 0.15) is 138 Å². The van der Waals surface area contributed by atoms with E-state index in [1.165, 1.54) is 0 Å². The van der Waals surface area contributed by atoms with Crippen molar-refractivity contribution in [3.8, 4) is 0 Å². The number of nitrogens with one attached hydrogen (secondary N) is 4. The Labute approximate surface area is 361 Å². The third-order valence-electron chi connectivity index (χ3n) is 8.33. The van der Waals surface area contributed by atoms with Crippen molar-refractivity contribution in [3.63, 3.8) is 0 Å². The van der Waals surface area contributed by atoms with Gasteiger partial charge in [0.25, 0.3) is 0 Å². The fourth-order valence-corrected chi connectivity index (χ4v) is 4.91. The SMILES string of the molecule is CCCCOC(=O)CCC(NC(=O)CCC(NC(=O)COCCOCCNC(=O)OC(C)(C)C)C(=O)NC(CCC(=O)OCCCC)C(=O)OCCCC)C(=O)OCCCC. The minimum absolute atomic E-state index is 0.0128. The van der Waals surface area contributed by atoms with Gasteiger partial charge in [-0.3, -0.25) is 24.0 Å². The zero-order valence-electron chi connectivity index (χ0n) is 37.6. The lowest BCUT2D eigenvalue weighted by molar-refractivity contribution is -0.150. The standard InChI is InChI=1S/C42H74N4O15/c1-8-12-23-57-36(49)20-17-32(39(52)59-25-14-10-3)45-34(47)19-16-31(44-35(48)30-56-29-28-55-27-22-43-41(54)61-42(5,6)7)38(51)46-33(40(53)60-26-15-11-4)18-21-37(50)58-24-13-9-2/h31-33H,8-30H2,1-7H3,(H,43,54)(H,44,48)(H,45,47)(H,46,51). The normalized spacial score (nSPS) is 12.5. The highest BCUT2D eigenvalue weighted by Crippen LogP contribution is 2.10. The molecule has 61 heavy (non-hydrogen) atoms. The number of amides is 4. The molecule has 0 fully saturated rings. The van der Waals surface area contributed by atoms with Gasteiger partial charge in [0, 0.05) is 25.8 Å². The Balaban J connectivity index is 5.81. The van der Waals surface area contributed by atoms with Crippen LogP contribution in [0.2, 0.25) is 0 Å². The van der Waals surface area contributed by atoms with Gasteiger partial charge in [0.2, 0.25) is 17.7 Å². The van der Waals surface area contributed by atoms with Gasteiger partial charge < -0.3 is 54.4 Å². The molecule has 19 heteroatoms. The van der Waals surface area contributed by atoms with E-state index in [-0.39, 0.29) is 91.3 Å². The predicted octanol–water partition coefficient (Wildman–Crippen LogP) is 3.71. The van der Waals surface area contributed by atoms with Crippen molar-refractivity contribution in [2.45, 2.75) is 162 Å². The summed E-state index contributed by atoms with van der Waals surface area (Å²) in [6, 6.07) is -3.86. The average molecular weight is 875 g/mol. The molecule has 19 nitrogen and oxygen atoms in total. The van der Waals surface area contributed by atoms with Crippen LogP contribution in [0.15, 0.2) is 0 Å². The average Bonchev–Trinajstić information content (AvgIpc) is 3.20. The quantitative estimate of drug-likeness (QED) is 0.0403. The van der Waals surface area contributed by atoms with E-state index in [1.807, 2.05) is 27.7 Å². The Bertz CT molecular complexity index is 1310. The van der Waals surface area contributed by atoms with Crippen molar-refractivity contribution in [3.05, 3.63) is 0 Å². The number of unbranched alkanes of at least 4 members (excludes halogenated alkanes) is 4. The van der Waals surface area contributed by atoms with Crippen molar-refractivity contribution in [1.29, 1.82) is 0 Å². The van der Waals surface area contributed by atoms with E-state index in [1.54, 1.807) is 20.8 Å². The fourth-order valence-electron chi connectivity index (χ4n) is 4.91. The Morgan fingerprint density at radius 1 is 0.492 bits per heavy atom. The molecule has 0 aromatic rings. The second-order valence-corrected chi connectivity index (χ2v) is 15.2. The highest BCUT2D eigenvalue weighted by atomic mass is 16.6. The zero-order valence-corrected chi connectivity index (χ0v) is 37.6. The van der Waals surface area contributed by atoms with Gasteiger partial charge in [-0.15, -0.1) is 0 Å². The van der Waals surface area contributed by atoms with Crippen LogP contribution < -0.4 is 21.3 Å². The largest absolute Gasteiger partial charge is 0.466 e. The number of hydrogen-bond acceptors (Lipinski definition) is 15. The first-order valence-electron chi connectivity index (χ1n) is 21.7. The minimum Gasteiger partial charge on any atom is -0.466 e. The lowest BCUT2D eigenvalue weighted by atomic mass is 10.1. The van der Waals surface area contributed by atoms with Crippen molar-refractivity contribution >= 4 is 47.7 Å². The lowest BCUT2D eigenvalue weighted by Crippen LogP contribution is -2.53. The summed E-state index contributed by atoms with van der Waals surface area (Å²) in [4.78, 5) is 102. The molecular weight excluding hydrogens is 800 g/mol. The Morgan fingerprint density at radius 2 is 0.934 bits per heavy atom. The summed E-state index contributed by atoms with van der Waals surface area (Å²) in [5.74, 6) is -4.86. The van der Waals surface area contributed by atoms with E-state index >= 15 is 0 Å². The van der Waals surface area contributed by atoms with E-state index in [0.29, 0.717) is 25.7 Å². The van der Waals surface area contributed by atoms with E-state index in [0.717, 1.165) is 25.7 Å². The van der Waals surface area contributed by atoms with Crippen molar-refractivity contribution < 1.29 is 71.5 Å². The molecule has 0 aliphatic heterocycles. The van der Waals surface area contributed by atoms with Crippen LogP contribution in [0.3, 0.4) is 0 Å². The lowest BCUT2D eigenvalue weighted by Gasteiger charge is -2.23. The minimum atomic E-state index is -1.39. The molecule has 0 saturated heterocycles. The van der Waals surface area contributed by atoms with Gasteiger partial charge in [-0.1, -0.05) is 53.4 Å². The molecule has 0 rings (SSSR count). The molecule has 0 saturated carbocycles. The van der Waals surface area contributed by atoms with Crippen LogP contribution in [0.4, 0.5) is 4.79 Å². The molecule has 0 bridgehead atoms. The van der Waals surface area contributed by atoms with Gasteiger partial charge in [-0.2, -0.15) is 0 Å². The van der Waals surface area contributed by atoms with Gasteiger partial charge >= 0.3 is 30.0 Å². The van der Waals surface area contributed by atoms with E-state index in [2.05, 4.69) is 21.3 Å². The van der Waals surface area contributed by atoms with E-state index in [9.17, 15) is 38.4 Å². The predicted molar refractivity (Wildman–Crippen MR) is 223 cm³/mol. The number of carbonyl (C=O) groups is 8. The molecule has 0 radical (unpaired) electrons. The monoisotopic (exact) mass is 875 g/mol. The van der Waals surface area contributed by atoms with Gasteiger partial charge in [0.05, 0.1) is 46.2 Å². The Hall–Kier alpha value is -4.52. The molecule has 4 N–H and O–H groups in total. The highest BCUT2D eigenvalue weighted by molar-refractivity contribution is 5.92. The van der Waals surface area contributed by atoms with Crippen molar-refractivity contribution in [2.24, 2.45) is 0 Å². The number of esters is 4. The first-order chi connectivity index (χ1) is 29.1. The number of ether oxygens (including phenoxy) is 7. The molecule has 0 heterocycles. The molecule has 352 valence electrons. The van der Waals surface area contributed by atoms with Crippen LogP contribution >= 0.6 is 0 Å². The summed E-state index contributed by atoms with van der Waals surface area (Å²) in [7, 11) is 0. The summed E-state index contributed by atoms with van der Waals surface area (Å²) >= 11 is 0. The molecule has 4 amide bonds. The van der Waals surface area contributed by atoms with Crippen LogP contribution in [0, 0.1) is 0 Å². The van der Waals surface area contributed by atoms with Gasteiger partial charge in [-0.05, 0) is 65.7 Å². The van der Waals surface area contributed by atoms with Crippen LogP contribution in [-0.2, 0) is 66.7 Å². The molecule has 0 aromatic heterocycles. The smallest absolute Gasteiger partial charge is 0.407 e. The molecule has 3 unspecified atom stereocenters. The summed E-state index contributed by atoms with van der Waals surface area (Å²) in [6.45, 7) is 13.5. The Kier molecular flexibility index (Phi) is 32.5. The van der Waals surface area contributed by atoms with E-state index in [4.69, 9.17) is 33.2 Å². The second-order valence-electron chi connectivity index (χ2n) is 15.2. The number of rotatable bonds is 35. The number of carbonyl (C=O) groups excluding carboxylic acids is 8. The summed E-state index contributed by atoms with van der Waals surface area (Å²) in [6.07, 6.45) is 3.80. The molecule has 0 spiro atoms. The zero-order chi connectivity index (χ0) is 45.9. The number of alkyl carbamates (subject to hydrolysis) is 1. The first-order valence-corrected chi connectivity index (χ1v) is 21.7. The summed E-state index contributed by atoms with van der Waals surface area (Å²) < 4.78 is 37.0. The first kappa shape index (κ1) is 56.5. The van der Waals surface area contributed by atoms with Crippen LogP contribution in [0.25, 0.3) is 0 Å². The molecule has 0 aliphatic carbocycles. The topological polar surface area (TPSA) is 249 Å². The maximum Gasteiger partial charge on any atom is 0.407 e. The van der Waals surface area contributed by atoms with Crippen molar-refractivity contribution in [2.75, 3.05) is 59.4 Å². The molecular formula is C42H74N4O15. The van der Waals surface area contributed by atoms with Gasteiger partial charge in [0.15, 0.2) is 0 Å². The fraction of sp³-hybridized carbons (Fsp3) is 0.810. The molecule has 0 aliphatic rings. The third kappa shape index (κ3) is 31.9. The van der Waals surface area contributed by atoms with Crippen LogP contribution in [0.5, 0.6) is 0 Å². The maximum atomic E-state index is 13.7. The number of hydrogen-bond donors (Lipinski definition) is 4. The van der Waals surface area contributed by atoms with Crippen LogP contribution in [-0.4, -0.2) is 131 Å². The van der Waals surface area contributed by atoms with Crippen molar-refractivity contribution in [1.82, 2.24) is 21.3 Å². The second kappa shape index (κ2) is 35.1. The van der Waals surface area contributed by atoms with Gasteiger partial charge in [0.1, 0.15) is 30.3 Å². The summed E-state index contributed by atoms with van der Waals surface area (Å²) in [5, 5.41) is 10.2. The van der Waals surface area contributed by atoms with Gasteiger partial charge in [-0.25, -0.2) is 14.4 Å². The highest BCUT2D eigenvalue weighted by Gasteiger charge is 2.30. The third-order valence-corrected chi connectivity index (χ3v) is 8.33. The van der Waals surface area contributed by atoms with E-state index < -0.39 is 78.0 Å². The Morgan fingerprint density at radius 3 is 1.43 bits per heavy atom. The maximum absolute atomic E-state index is 13.7. The molecule has 0 aromatic carbocycles. The molecule has 3 atom stereocenters. The summed E-state index contributed by atoms with van der Waals surface area (Å²) in [5.41, 5.74) is -0.644.